The average Bonchev–Trinajstić information content (AvgIpc) is 3.29. The highest BCUT2D eigenvalue weighted by atomic mass is 16.6. The van der Waals surface area contributed by atoms with Crippen LogP contribution in [-0.4, -0.2) is 37.2 Å². The van der Waals surface area contributed by atoms with Gasteiger partial charge in [0.05, 0.1) is 0 Å². The lowest BCUT2D eigenvalue weighted by atomic mass is 10.0. The monoisotopic (exact) mass is 895 g/mol. The number of ether oxygens (including phenoxy) is 3. The molecular formula is C58H102O6. The van der Waals surface area contributed by atoms with Crippen molar-refractivity contribution in [3.8, 4) is 0 Å². The lowest BCUT2D eigenvalue weighted by Crippen LogP contribution is -2.30. The van der Waals surface area contributed by atoms with E-state index in [0.29, 0.717) is 19.3 Å². The normalized spacial score (nSPS) is 12.5. The SMILES string of the molecule is CC/C=C\C/C=C\C/C=C\C/C=C\C/C=C\CCCCCCCCCC(=O)OCC(COC(=O)CCCCCCCCC)OC(=O)CCCCCCCCCCCCCCCCCC. The molecule has 0 rings (SSSR count). The Morgan fingerprint density at radius 1 is 0.328 bits per heavy atom. The molecule has 1 unspecified atom stereocenters. The Morgan fingerprint density at radius 3 is 0.953 bits per heavy atom. The van der Waals surface area contributed by atoms with Gasteiger partial charge in [0.1, 0.15) is 13.2 Å². The van der Waals surface area contributed by atoms with E-state index in [4.69, 9.17) is 14.2 Å². The molecular weight excluding hydrogens is 793 g/mol. The number of esters is 3. The first kappa shape index (κ1) is 61.1. The van der Waals surface area contributed by atoms with Crippen molar-refractivity contribution in [3.63, 3.8) is 0 Å². The molecule has 0 aromatic carbocycles. The van der Waals surface area contributed by atoms with Crippen molar-refractivity contribution in [2.45, 2.75) is 277 Å². The fourth-order valence-electron chi connectivity index (χ4n) is 7.70. The number of unbranched alkanes of at least 4 members (excludes halogenated alkanes) is 28. The van der Waals surface area contributed by atoms with E-state index < -0.39 is 6.10 Å². The minimum Gasteiger partial charge on any atom is -0.462 e. The van der Waals surface area contributed by atoms with Gasteiger partial charge in [0.2, 0.25) is 0 Å². The highest BCUT2D eigenvalue weighted by molar-refractivity contribution is 5.71. The van der Waals surface area contributed by atoms with Crippen LogP contribution < -0.4 is 0 Å². The predicted molar refractivity (Wildman–Crippen MR) is 275 cm³/mol. The summed E-state index contributed by atoms with van der Waals surface area (Å²) >= 11 is 0. The van der Waals surface area contributed by atoms with Gasteiger partial charge in [-0.2, -0.15) is 0 Å². The van der Waals surface area contributed by atoms with Crippen LogP contribution in [0, 0.1) is 0 Å². The minimum absolute atomic E-state index is 0.0750. The number of hydrogen-bond acceptors (Lipinski definition) is 6. The van der Waals surface area contributed by atoms with Gasteiger partial charge in [0.25, 0.3) is 0 Å². The van der Waals surface area contributed by atoms with E-state index in [1.54, 1.807) is 0 Å². The third kappa shape index (κ3) is 50.1. The van der Waals surface area contributed by atoms with Crippen LogP contribution >= 0.6 is 0 Å². The second-order valence-electron chi connectivity index (χ2n) is 18.1. The molecule has 0 fully saturated rings. The molecule has 0 aliphatic carbocycles. The summed E-state index contributed by atoms with van der Waals surface area (Å²) in [6.07, 6.45) is 65.1. The van der Waals surface area contributed by atoms with E-state index in [1.807, 2.05) is 0 Å². The highest BCUT2D eigenvalue weighted by Crippen LogP contribution is 2.16. The van der Waals surface area contributed by atoms with Crippen LogP contribution in [0.25, 0.3) is 0 Å². The quantitative estimate of drug-likeness (QED) is 0.0262. The number of allylic oxidation sites excluding steroid dienone is 10. The molecule has 64 heavy (non-hydrogen) atoms. The molecule has 0 aromatic heterocycles. The van der Waals surface area contributed by atoms with Crippen molar-refractivity contribution in [1.82, 2.24) is 0 Å². The van der Waals surface area contributed by atoms with Gasteiger partial charge in [-0.15, -0.1) is 0 Å². The van der Waals surface area contributed by atoms with Crippen molar-refractivity contribution in [3.05, 3.63) is 60.8 Å². The molecule has 0 bridgehead atoms. The predicted octanol–water partition coefficient (Wildman–Crippen LogP) is 18.0. The van der Waals surface area contributed by atoms with Gasteiger partial charge in [-0.25, -0.2) is 0 Å². The molecule has 0 saturated heterocycles. The second kappa shape index (κ2) is 52.7. The van der Waals surface area contributed by atoms with Crippen LogP contribution in [0.15, 0.2) is 60.8 Å². The van der Waals surface area contributed by atoms with Gasteiger partial charge in [0.15, 0.2) is 6.10 Å². The summed E-state index contributed by atoms with van der Waals surface area (Å²) < 4.78 is 16.8. The molecule has 0 amide bonds. The van der Waals surface area contributed by atoms with Gasteiger partial charge in [-0.1, -0.05) is 248 Å². The van der Waals surface area contributed by atoms with E-state index in [9.17, 15) is 14.4 Å². The average molecular weight is 895 g/mol. The van der Waals surface area contributed by atoms with Gasteiger partial charge in [-0.05, 0) is 64.2 Å². The number of carbonyl (C=O) groups excluding carboxylic acids is 3. The Kier molecular flexibility index (Phi) is 50.4. The first-order valence-corrected chi connectivity index (χ1v) is 27.3. The molecule has 0 radical (unpaired) electrons. The summed E-state index contributed by atoms with van der Waals surface area (Å²) in [5, 5.41) is 0. The van der Waals surface area contributed by atoms with Crippen molar-refractivity contribution >= 4 is 17.9 Å². The van der Waals surface area contributed by atoms with E-state index in [1.165, 1.54) is 135 Å². The number of rotatable bonds is 49. The lowest BCUT2D eigenvalue weighted by Gasteiger charge is -2.18. The zero-order valence-electron chi connectivity index (χ0n) is 42.3. The maximum atomic E-state index is 12.8. The van der Waals surface area contributed by atoms with Crippen LogP contribution in [0.3, 0.4) is 0 Å². The van der Waals surface area contributed by atoms with Crippen LogP contribution in [0.2, 0.25) is 0 Å². The molecule has 0 aliphatic rings. The third-order valence-electron chi connectivity index (χ3n) is 11.8. The summed E-state index contributed by atoms with van der Waals surface area (Å²) in [5.41, 5.74) is 0. The number of hydrogen-bond donors (Lipinski definition) is 0. The van der Waals surface area contributed by atoms with Gasteiger partial charge in [-0.3, -0.25) is 14.4 Å². The van der Waals surface area contributed by atoms with Crippen LogP contribution in [0.4, 0.5) is 0 Å². The molecule has 6 heteroatoms. The fourth-order valence-corrected chi connectivity index (χ4v) is 7.70. The highest BCUT2D eigenvalue weighted by Gasteiger charge is 2.19. The summed E-state index contributed by atoms with van der Waals surface area (Å²) in [6.45, 7) is 6.49. The first-order chi connectivity index (χ1) is 31.5. The molecule has 0 aliphatic heterocycles. The van der Waals surface area contributed by atoms with E-state index >= 15 is 0 Å². The summed E-state index contributed by atoms with van der Waals surface area (Å²) in [6, 6.07) is 0. The molecule has 0 N–H and O–H groups in total. The van der Waals surface area contributed by atoms with E-state index in [0.717, 1.165) is 96.3 Å². The zero-order chi connectivity index (χ0) is 46.5. The molecule has 1 atom stereocenters. The van der Waals surface area contributed by atoms with Gasteiger partial charge < -0.3 is 14.2 Å². The molecule has 0 aromatic rings. The maximum Gasteiger partial charge on any atom is 0.306 e. The first-order valence-electron chi connectivity index (χ1n) is 27.3. The summed E-state index contributed by atoms with van der Waals surface area (Å²) in [4.78, 5) is 37.9. The largest absolute Gasteiger partial charge is 0.462 e. The zero-order valence-corrected chi connectivity index (χ0v) is 42.3. The van der Waals surface area contributed by atoms with E-state index in [2.05, 4.69) is 81.5 Å². The summed E-state index contributed by atoms with van der Waals surface area (Å²) in [5.74, 6) is -0.884. The van der Waals surface area contributed by atoms with Crippen LogP contribution in [-0.2, 0) is 28.6 Å². The topological polar surface area (TPSA) is 78.9 Å². The number of carbonyl (C=O) groups is 3. The maximum absolute atomic E-state index is 12.8. The molecule has 370 valence electrons. The lowest BCUT2D eigenvalue weighted by molar-refractivity contribution is -0.167. The van der Waals surface area contributed by atoms with Crippen LogP contribution in [0.1, 0.15) is 271 Å². The molecule has 6 nitrogen and oxygen atoms in total. The van der Waals surface area contributed by atoms with E-state index in [-0.39, 0.29) is 31.1 Å². The molecule has 0 spiro atoms. The molecule has 0 heterocycles. The molecule has 0 saturated carbocycles. The van der Waals surface area contributed by atoms with Crippen molar-refractivity contribution < 1.29 is 28.6 Å². The summed E-state index contributed by atoms with van der Waals surface area (Å²) in [7, 11) is 0. The smallest absolute Gasteiger partial charge is 0.306 e. The van der Waals surface area contributed by atoms with Crippen LogP contribution in [0.5, 0.6) is 0 Å². The second-order valence-corrected chi connectivity index (χ2v) is 18.1. The Labute approximate surface area is 396 Å². The third-order valence-corrected chi connectivity index (χ3v) is 11.8. The van der Waals surface area contributed by atoms with Crippen molar-refractivity contribution in [2.24, 2.45) is 0 Å². The standard InChI is InChI=1S/C58H102O6/c1-4-7-10-13-16-18-20-22-24-26-27-28-29-30-31-32-34-35-37-39-42-45-48-51-57(60)63-54-55(53-62-56(59)50-47-44-41-15-12-9-6-3)64-58(61)52-49-46-43-40-38-36-33-25-23-21-19-17-14-11-8-5-2/h7,10,16,18,22,24,27-28,30-31,55H,4-6,8-9,11-15,17,19-21,23,25-26,29,32-54H2,1-3H3/b10-7-,18-16-,24-22-,28-27-,31-30-. The Balaban J connectivity index is 4.22. The fraction of sp³-hybridized carbons (Fsp3) is 0.776. The Morgan fingerprint density at radius 2 is 0.609 bits per heavy atom. The van der Waals surface area contributed by atoms with Gasteiger partial charge in [0, 0.05) is 19.3 Å². The van der Waals surface area contributed by atoms with Gasteiger partial charge >= 0.3 is 17.9 Å². The van der Waals surface area contributed by atoms with Crippen molar-refractivity contribution in [1.29, 1.82) is 0 Å². The Bertz CT molecular complexity index is 1170. The minimum atomic E-state index is -0.773. The Hall–Kier alpha value is -2.89. The van der Waals surface area contributed by atoms with Crippen molar-refractivity contribution in [2.75, 3.05) is 13.2 Å².